The molecule has 0 aromatic carbocycles. The molecule has 0 fully saturated rings. The summed E-state index contributed by atoms with van der Waals surface area (Å²) < 4.78 is 7.33. The molecule has 1 N–H and O–H groups in total. The molecule has 0 saturated heterocycles. The van der Waals surface area contributed by atoms with Crippen molar-refractivity contribution in [1.29, 1.82) is 0 Å². The molecule has 0 bridgehead atoms. The monoisotopic (exact) mass is 253 g/mol. The molecule has 5 nitrogen and oxygen atoms in total. The minimum absolute atomic E-state index is 0.0215. The van der Waals surface area contributed by atoms with Crippen molar-refractivity contribution in [2.24, 2.45) is 0 Å². The smallest absolute Gasteiger partial charge is 0.306 e. The molecule has 0 aliphatic carbocycles. The van der Waals surface area contributed by atoms with Gasteiger partial charge in [0.2, 0.25) is 5.43 Å². The minimum atomic E-state index is -0.933. The zero-order valence-corrected chi connectivity index (χ0v) is 10.8. The van der Waals surface area contributed by atoms with Gasteiger partial charge in [0.25, 0.3) is 0 Å². The molecule has 0 spiro atoms. The zero-order valence-electron chi connectivity index (χ0n) is 10.8. The Hall–Kier alpha value is -1.78. The largest absolute Gasteiger partial charge is 0.487 e. The van der Waals surface area contributed by atoms with Gasteiger partial charge in [-0.05, 0) is 12.8 Å². The Labute approximate surface area is 106 Å². The summed E-state index contributed by atoms with van der Waals surface area (Å²) in [4.78, 5) is 22.2. The molecule has 0 amide bonds. The fourth-order valence-electron chi connectivity index (χ4n) is 1.80. The van der Waals surface area contributed by atoms with Crippen molar-refractivity contribution in [2.75, 3.05) is 6.61 Å². The number of carboxylic acids is 1. The molecule has 0 aliphatic rings. The normalized spacial score (nSPS) is 10.3. The summed E-state index contributed by atoms with van der Waals surface area (Å²) in [5.41, 5.74) is 0.638. The SMILES string of the molecule is CCCn1ccc(=O)c(OCCC(=O)O)c1CC. The summed E-state index contributed by atoms with van der Waals surface area (Å²) in [6.07, 6.45) is 3.29. The Balaban J connectivity index is 2.96. The number of ether oxygens (including phenoxy) is 1. The molecule has 18 heavy (non-hydrogen) atoms. The molecular weight excluding hydrogens is 234 g/mol. The van der Waals surface area contributed by atoms with E-state index in [4.69, 9.17) is 9.84 Å². The molecule has 1 aromatic heterocycles. The second kappa shape index (κ2) is 6.83. The zero-order chi connectivity index (χ0) is 13.5. The summed E-state index contributed by atoms with van der Waals surface area (Å²) >= 11 is 0. The molecule has 0 unspecified atom stereocenters. The highest BCUT2D eigenvalue weighted by atomic mass is 16.5. The lowest BCUT2D eigenvalue weighted by Crippen LogP contribution is -2.18. The van der Waals surface area contributed by atoms with Crippen molar-refractivity contribution in [3.05, 3.63) is 28.2 Å². The van der Waals surface area contributed by atoms with Crippen molar-refractivity contribution in [3.63, 3.8) is 0 Å². The van der Waals surface area contributed by atoms with Crippen molar-refractivity contribution in [3.8, 4) is 5.75 Å². The standard InChI is InChI=1S/C13H19NO4/c1-3-7-14-8-5-11(15)13(10(14)4-2)18-9-6-12(16)17/h5,8H,3-4,6-7,9H2,1-2H3,(H,16,17). The van der Waals surface area contributed by atoms with E-state index < -0.39 is 5.97 Å². The second-order valence-electron chi connectivity index (χ2n) is 3.99. The molecule has 0 atom stereocenters. The highest BCUT2D eigenvalue weighted by molar-refractivity contribution is 5.66. The molecule has 0 aliphatic heterocycles. The van der Waals surface area contributed by atoms with Crippen LogP contribution in [0.4, 0.5) is 0 Å². The second-order valence-corrected chi connectivity index (χ2v) is 3.99. The van der Waals surface area contributed by atoms with Gasteiger partial charge in [0.05, 0.1) is 18.7 Å². The predicted octanol–water partition coefficient (Wildman–Crippen LogP) is 1.67. The average molecular weight is 253 g/mol. The van der Waals surface area contributed by atoms with Gasteiger partial charge in [0, 0.05) is 18.8 Å². The van der Waals surface area contributed by atoms with E-state index in [1.165, 1.54) is 6.07 Å². The number of aliphatic carboxylic acids is 1. The summed E-state index contributed by atoms with van der Waals surface area (Å²) in [5.74, 6) is -0.646. The summed E-state index contributed by atoms with van der Waals surface area (Å²) in [6, 6.07) is 1.46. The van der Waals surface area contributed by atoms with Crippen LogP contribution in [0.25, 0.3) is 0 Å². The summed E-state index contributed by atoms with van der Waals surface area (Å²) in [5, 5.41) is 8.56. The fourth-order valence-corrected chi connectivity index (χ4v) is 1.80. The van der Waals surface area contributed by atoms with E-state index in [-0.39, 0.29) is 24.2 Å². The third kappa shape index (κ3) is 3.61. The maximum atomic E-state index is 11.7. The Morgan fingerprint density at radius 3 is 2.72 bits per heavy atom. The number of hydrogen-bond acceptors (Lipinski definition) is 3. The first kappa shape index (κ1) is 14.3. The topological polar surface area (TPSA) is 68.5 Å². The lowest BCUT2D eigenvalue weighted by Gasteiger charge is -2.15. The van der Waals surface area contributed by atoms with Gasteiger partial charge in [-0.3, -0.25) is 9.59 Å². The number of rotatable bonds is 7. The molecule has 0 radical (unpaired) electrons. The van der Waals surface area contributed by atoms with Gasteiger partial charge in [0.1, 0.15) is 0 Å². The van der Waals surface area contributed by atoms with E-state index in [0.717, 1.165) is 18.7 Å². The molecular formula is C13H19NO4. The Morgan fingerprint density at radius 1 is 1.44 bits per heavy atom. The van der Waals surface area contributed by atoms with E-state index in [1.54, 1.807) is 6.20 Å². The Kier molecular flexibility index (Phi) is 5.42. The number of hydrogen-bond donors (Lipinski definition) is 1. The van der Waals surface area contributed by atoms with Gasteiger partial charge in [0.15, 0.2) is 5.75 Å². The van der Waals surface area contributed by atoms with Gasteiger partial charge in [-0.1, -0.05) is 13.8 Å². The predicted molar refractivity (Wildman–Crippen MR) is 68.1 cm³/mol. The van der Waals surface area contributed by atoms with Crippen LogP contribution >= 0.6 is 0 Å². The summed E-state index contributed by atoms with van der Waals surface area (Å²) in [6.45, 7) is 4.85. The average Bonchev–Trinajstić information content (AvgIpc) is 2.33. The third-order valence-electron chi connectivity index (χ3n) is 2.60. The lowest BCUT2D eigenvalue weighted by atomic mass is 10.2. The number of aromatic nitrogens is 1. The van der Waals surface area contributed by atoms with E-state index in [9.17, 15) is 9.59 Å². The van der Waals surface area contributed by atoms with E-state index in [2.05, 4.69) is 6.92 Å². The Bertz CT molecular complexity index is 465. The van der Waals surface area contributed by atoms with Crippen molar-refractivity contribution in [2.45, 2.75) is 39.7 Å². The van der Waals surface area contributed by atoms with Crippen LogP contribution in [-0.4, -0.2) is 22.2 Å². The van der Waals surface area contributed by atoms with Crippen LogP contribution in [0.2, 0.25) is 0 Å². The summed E-state index contributed by atoms with van der Waals surface area (Å²) in [7, 11) is 0. The van der Waals surface area contributed by atoms with Crippen LogP contribution in [0.1, 0.15) is 32.4 Å². The van der Waals surface area contributed by atoms with Crippen LogP contribution in [0, 0.1) is 0 Å². The van der Waals surface area contributed by atoms with Crippen LogP contribution in [0.3, 0.4) is 0 Å². The molecule has 5 heteroatoms. The van der Waals surface area contributed by atoms with E-state index >= 15 is 0 Å². The number of carbonyl (C=O) groups is 1. The van der Waals surface area contributed by atoms with Crippen molar-refractivity contribution < 1.29 is 14.6 Å². The third-order valence-corrected chi connectivity index (χ3v) is 2.60. The highest BCUT2D eigenvalue weighted by Gasteiger charge is 2.11. The van der Waals surface area contributed by atoms with Gasteiger partial charge >= 0.3 is 5.97 Å². The van der Waals surface area contributed by atoms with E-state index in [0.29, 0.717) is 6.42 Å². The van der Waals surface area contributed by atoms with Gasteiger partial charge < -0.3 is 14.4 Å². The first-order valence-electron chi connectivity index (χ1n) is 6.17. The van der Waals surface area contributed by atoms with Crippen molar-refractivity contribution in [1.82, 2.24) is 4.57 Å². The van der Waals surface area contributed by atoms with Crippen LogP contribution in [-0.2, 0) is 17.8 Å². The molecule has 0 saturated carbocycles. The van der Waals surface area contributed by atoms with Crippen LogP contribution in [0.5, 0.6) is 5.75 Å². The number of carboxylic acid groups (broad SMARTS) is 1. The first-order valence-corrected chi connectivity index (χ1v) is 6.17. The minimum Gasteiger partial charge on any atom is -0.487 e. The van der Waals surface area contributed by atoms with Crippen molar-refractivity contribution >= 4 is 5.97 Å². The molecule has 100 valence electrons. The van der Waals surface area contributed by atoms with Gasteiger partial charge in [-0.25, -0.2) is 0 Å². The number of aryl methyl sites for hydroxylation is 1. The van der Waals surface area contributed by atoms with E-state index in [1.807, 2.05) is 11.5 Å². The Morgan fingerprint density at radius 2 is 2.17 bits per heavy atom. The number of nitrogens with zero attached hydrogens (tertiary/aromatic N) is 1. The maximum Gasteiger partial charge on any atom is 0.306 e. The van der Waals surface area contributed by atoms with Gasteiger partial charge in [-0.15, -0.1) is 0 Å². The van der Waals surface area contributed by atoms with Gasteiger partial charge in [-0.2, -0.15) is 0 Å². The highest BCUT2D eigenvalue weighted by Crippen LogP contribution is 2.14. The molecule has 1 rings (SSSR count). The number of pyridine rings is 1. The van der Waals surface area contributed by atoms with Crippen LogP contribution in [0.15, 0.2) is 17.1 Å². The molecule has 1 heterocycles. The van der Waals surface area contributed by atoms with Crippen LogP contribution < -0.4 is 10.2 Å². The maximum absolute atomic E-state index is 11.7. The first-order chi connectivity index (χ1) is 8.60. The quantitative estimate of drug-likeness (QED) is 0.802. The fraction of sp³-hybridized carbons (Fsp3) is 0.538. The molecule has 1 aromatic rings. The lowest BCUT2D eigenvalue weighted by molar-refractivity contribution is -0.137.